The Bertz CT molecular complexity index is 521. The number of rotatable bonds is 7. The normalized spacial score (nSPS) is 14.6. The van der Waals surface area contributed by atoms with Gasteiger partial charge in [-0.05, 0) is 31.0 Å². The van der Waals surface area contributed by atoms with Crippen molar-refractivity contribution in [2.45, 2.75) is 39.0 Å². The predicted octanol–water partition coefficient (Wildman–Crippen LogP) is 3.46. The Morgan fingerprint density at radius 2 is 2.14 bits per heavy atom. The third kappa shape index (κ3) is 3.55. The number of hydrogen-bond acceptors (Lipinski definition) is 4. The molecule has 0 aliphatic rings. The zero-order valence-electron chi connectivity index (χ0n) is 13.2. The van der Waals surface area contributed by atoms with E-state index in [9.17, 15) is 10.1 Å². The van der Waals surface area contributed by atoms with Crippen molar-refractivity contribution in [3.8, 4) is 11.8 Å². The van der Waals surface area contributed by atoms with Crippen LogP contribution in [0.25, 0.3) is 0 Å². The first-order valence-electron chi connectivity index (χ1n) is 7.28. The van der Waals surface area contributed by atoms with Crippen LogP contribution in [0.5, 0.6) is 5.75 Å². The molecule has 2 atom stereocenters. The largest absolute Gasteiger partial charge is 0.497 e. The second-order valence-electron chi connectivity index (χ2n) is 5.04. The SMILES string of the molecule is CCC[C@@](C#N)(c1cccc(OC)c1)[C@@H](C)C(=O)OCC. The van der Waals surface area contributed by atoms with Crippen LogP contribution in [0.15, 0.2) is 24.3 Å². The van der Waals surface area contributed by atoms with Crippen molar-refractivity contribution in [3.05, 3.63) is 29.8 Å². The lowest BCUT2D eigenvalue weighted by Gasteiger charge is -2.32. The highest BCUT2D eigenvalue weighted by Gasteiger charge is 2.42. The van der Waals surface area contributed by atoms with Crippen LogP contribution in [-0.2, 0) is 14.9 Å². The number of nitrogens with zero attached hydrogens (tertiary/aromatic N) is 1. The number of esters is 1. The van der Waals surface area contributed by atoms with Gasteiger partial charge in [-0.1, -0.05) is 32.4 Å². The van der Waals surface area contributed by atoms with Crippen molar-refractivity contribution in [1.82, 2.24) is 0 Å². The molecule has 0 spiro atoms. The second kappa shape index (κ2) is 7.68. The van der Waals surface area contributed by atoms with E-state index < -0.39 is 11.3 Å². The highest BCUT2D eigenvalue weighted by atomic mass is 16.5. The van der Waals surface area contributed by atoms with Crippen LogP contribution in [0.3, 0.4) is 0 Å². The molecule has 1 aromatic rings. The predicted molar refractivity (Wildman–Crippen MR) is 81.0 cm³/mol. The lowest BCUT2D eigenvalue weighted by atomic mass is 9.69. The Morgan fingerprint density at radius 3 is 2.67 bits per heavy atom. The van der Waals surface area contributed by atoms with Crippen molar-refractivity contribution >= 4 is 5.97 Å². The number of ether oxygens (including phenoxy) is 2. The van der Waals surface area contributed by atoms with Crippen LogP contribution in [-0.4, -0.2) is 19.7 Å². The fourth-order valence-corrected chi connectivity index (χ4v) is 2.59. The fourth-order valence-electron chi connectivity index (χ4n) is 2.59. The van der Waals surface area contributed by atoms with Crippen LogP contribution in [0.4, 0.5) is 0 Å². The van der Waals surface area contributed by atoms with Gasteiger partial charge in [0.25, 0.3) is 0 Å². The summed E-state index contributed by atoms with van der Waals surface area (Å²) in [5.74, 6) is -0.191. The fraction of sp³-hybridized carbons (Fsp3) is 0.529. The summed E-state index contributed by atoms with van der Waals surface area (Å²) in [7, 11) is 1.59. The Hall–Kier alpha value is -2.02. The average molecular weight is 289 g/mol. The van der Waals surface area contributed by atoms with Gasteiger partial charge >= 0.3 is 5.97 Å². The number of methoxy groups -OCH3 is 1. The van der Waals surface area contributed by atoms with E-state index in [-0.39, 0.29) is 5.97 Å². The molecule has 0 radical (unpaired) electrons. The molecule has 0 amide bonds. The van der Waals surface area contributed by atoms with Crippen molar-refractivity contribution in [1.29, 1.82) is 5.26 Å². The van der Waals surface area contributed by atoms with Gasteiger partial charge in [0, 0.05) is 0 Å². The molecule has 0 fully saturated rings. The first-order valence-corrected chi connectivity index (χ1v) is 7.28. The first kappa shape index (κ1) is 17.0. The lowest BCUT2D eigenvalue weighted by molar-refractivity contribution is -0.149. The summed E-state index contributed by atoms with van der Waals surface area (Å²) in [6.07, 6.45) is 1.39. The lowest BCUT2D eigenvalue weighted by Crippen LogP contribution is -2.38. The van der Waals surface area contributed by atoms with Gasteiger partial charge in [-0.25, -0.2) is 0 Å². The molecule has 4 nitrogen and oxygen atoms in total. The van der Waals surface area contributed by atoms with E-state index in [1.165, 1.54) is 0 Å². The number of hydrogen-bond donors (Lipinski definition) is 0. The zero-order valence-corrected chi connectivity index (χ0v) is 13.2. The topological polar surface area (TPSA) is 59.3 Å². The van der Waals surface area contributed by atoms with Crippen molar-refractivity contribution in [3.63, 3.8) is 0 Å². The number of carbonyl (C=O) groups is 1. The third-order valence-corrected chi connectivity index (χ3v) is 3.81. The molecule has 21 heavy (non-hydrogen) atoms. The van der Waals surface area contributed by atoms with E-state index >= 15 is 0 Å². The van der Waals surface area contributed by atoms with Gasteiger partial charge in [-0.15, -0.1) is 0 Å². The van der Waals surface area contributed by atoms with Gasteiger partial charge in [0.2, 0.25) is 0 Å². The minimum absolute atomic E-state index is 0.314. The summed E-state index contributed by atoms with van der Waals surface area (Å²) in [6.45, 7) is 5.85. The maximum atomic E-state index is 12.1. The molecule has 0 heterocycles. The van der Waals surface area contributed by atoms with E-state index in [0.717, 1.165) is 12.0 Å². The molecule has 114 valence electrons. The van der Waals surface area contributed by atoms with Crippen LogP contribution >= 0.6 is 0 Å². The third-order valence-electron chi connectivity index (χ3n) is 3.81. The van der Waals surface area contributed by atoms with Gasteiger partial charge in [0.1, 0.15) is 5.75 Å². The van der Waals surface area contributed by atoms with E-state index in [1.54, 1.807) is 21.0 Å². The molecule has 0 aromatic heterocycles. The highest BCUT2D eigenvalue weighted by Crippen LogP contribution is 2.38. The summed E-state index contributed by atoms with van der Waals surface area (Å²) in [4.78, 5) is 12.1. The first-order chi connectivity index (χ1) is 10.1. The molecule has 0 saturated heterocycles. The highest BCUT2D eigenvalue weighted by molar-refractivity contribution is 5.75. The number of nitriles is 1. The van der Waals surface area contributed by atoms with Crippen molar-refractivity contribution in [2.75, 3.05) is 13.7 Å². The Kier molecular flexibility index (Phi) is 6.23. The summed E-state index contributed by atoms with van der Waals surface area (Å²) < 4.78 is 10.3. The molecule has 0 bridgehead atoms. The van der Waals surface area contributed by atoms with E-state index in [0.29, 0.717) is 18.8 Å². The molecule has 0 aliphatic carbocycles. The summed E-state index contributed by atoms with van der Waals surface area (Å²) in [6, 6.07) is 9.73. The molecule has 4 heteroatoms. The van der Waals surface area contributed by atoms with E-state index in [1.807, 2.05) is 31.2 Å². The molecular weight excluding hydrogens is 266 g/mol. The monoisotopic (exact) mass is 289 g/mol. The summed E-state index contributed by atoms with van der Waals surface area (Å²) >= 11 is 0. The molecule has 0 unspecified atom stereocenters. The summed E-state index contributed by atoms with van der Waals surface area (Å²) in [5.41, 5.74) is -0.0954. The van der Waals surface area contributed by atoms with Gasteiger partial charge in [-0.2, -0.15) is 5.26 Å². The second-order valence-corrected chi connectivity index (χ2v) is 5.04. The smallest absolute Gasteiger partial charge is 0.310 e. The van der Waals surface area contributed by atoms with E-state index in [4.69, 9.17) is 9.47 Å². The van der Waals surface area contributed by atoms with Crippen LogP contribution in [0.1, 0.15) is 39.2 Å². The Balaban J connectivity index is 3.31. The zero-order chi connectivity index (χ0) is 15.9. The van der Waals surface area contributed by atoms with Crippen LogP contribution in [0, 0.1) is 17.2 Å². The van der Waals surface area contributed by atoms with Crippen LogP contribution in [0.2, 0.25) is 0 Å². The maximum Gasteiger partial charge on any atom is 0.310 e. The van der Waals surface area contributed by atoms with E-state index in [2.05, 4.69) is 6.07 Å². The molecule has 0 aliphatic heterocycles. The van der Waals surface area contributed by atoms with Gasteiger partial charge in [0.15, 0.2) is 0 Å². The van der Waals surface area contributed by atoms with Crippen molar-refractivity contribution in [2.24, 2.45) is 5.92 Å². The molecule has 1 rings (SSSR count). The molecule has 0 saturated carbocycles. The molecular formula is C17H23NO3. The Morgan fingerprint density at radius 1 is 1.43 bits per heavy atom. The summed E-state index contributed by atoms with van der Waals surface area (Å²) in [5, 5.41) is 9.81. The van der Waals surface area contributed by atoms with Gasteiger partial charge < -0.3 is 9.47 Å². The minimum Gasteiger partial charge on any atom is -0.497 e. The quantitative estimate of drug-likeness (QED) is 0.721. The maximum absolute atomic E-state index is 12.1. The standard InChI is InChI=1S/C17H23NO3/c1-5-10-17(12-18,13(3)16(19)21-6-2)14-8-7-9-15(11-14)20-4/h7-9,11,13H,5-6,10H2,1-4H3/t13-,17-/m0/s1. The number of benzene rings is 1. The van der Waals surface area contributed by atoms with Crippen molar-refractivity contribution < 1.29 is 14.3 Å². The van der Waals surface area contributed by atoms with Crippen LogP contribution < -0.4 is 4.74 Å². The van der Waals surface area contributed by atoms with Gasteiger partial charge in [0.05, 0.1) is 31.1 Å². The molecule has 1 aromatic carbocycles. The average Bonchev–Trinajstić information content (AvgIpc) is 2.52. The minimum atomic E-state index is -0.893. The van der Waals surface area contributed by atoms with Gasteiger partial charge in [-0.3, -0.25) is 4.79 Å². The molecule has 0 N–H and O–H groups in total. The Labute approximate surface area is 126 Å². The number of carbonyl (C=O) groups excluding carboxylic acids is 1.